The summed E-state index contributed by atoms with van der Waals surface area (Å²) in [4.78, 5) is 13.6. The zero-order chi connectivity index (χ0) is 19.7. The maximum absolute atomic E-state index is 14.0. The van der Waals surface area contributed by atoms with Crippen molar-refractivity contribution in [3.05, 3.63) is 59.4 Å². The second-order valence-corrected chi connectivity index (χ2v) is 7.12. The molecule has 0 saturated carbocycles. The number of carbonyl (C=O) groups excluding carboxylic acids is 1. The third-order valence-corrected chi connectivity index (χ3v) is 5.43. The van der Waals surface area contributed by atoms with Gasteiger partial charge in [-0.1, -0.05) is 6.92 Å². The lowest BCUT2D eigenvalue weighted by molar-refractivity contribution is 0.0963. The molecule has 0 fully saturated rings. The molecule has 0 aliphatic carbocycles. The van der Waals surface area contributed by atoms with Gasteiger partial charge in [0.1, 0.15) is 12.0 Å². The van der Waals surface area contributed by atoms with Crippen LogP contribution in [0.4, 0.5) is 15.8 Å². The van der Waals surface area contributed by atoms with Crippen LogP contribution in [0.2, 0.25) is 0 Å². The lowest BCUT2D eigenvalue weighted by atomic mass is 9.82. The van der Waals surface area contributed by atoms with Crippen LogP contribution in [0.25, 0.3) is 0 Å². The smallest absolute Gasteiger partial charge is 0.251 e. The highest BCUT2D eigenvalue weighted by molar-refractivity contribution is 5.94. The molecule has 1 heterocycles. The number of hydrogen-bond acceptors (Lipinski definition) is 4. The normalized spacial score (nSPS) is 22.7. The van der Waals surface area contributed by atoms with Crippen LogP contribution in [0, 0.1) is 11.7 Å². The van der Waals surface area contributed by atoms with Crippen molar-refractivity contribution in [1.29, 1.82) is 0 Å². The molecule has 6 heteroatoms. The van der Waals surface area contributed by atoms with Crippen molar-refractivity contribution in [3.63, 3.8) is 0 Å². The van der Waals surface area contributed by atoms with Crippen LogP contribution in [-0.2, 0) is 0 Å². The SMILES string of the molecule is CNC(=O)c1ccc(NC2c3cc(F)ccc3N(C(C)O)[C@@H](C)[C@@H]2C)cc1. The molecule has 5 nitrogen and oxygen atoms in total. The maximum Gasteiger partial charge on any atom is 0.251 e. The number of aliphatic hydroxyl groups excluding tert-OH is 1. The van der Waals surface area contributed by atoms with Crippen LogP contribution >= 0.6 is 0 Å². The van der Waals surface area contributed by atoms with E-state index < -0.39 is 6.23 Å². The highest BCUT2D eigenvalue weighted by Crippen LogP contribution is 2.43. The molecule has 2 unspecified atom stereocenters. The Bertz CT molecular complexity index is 823. The van der Waals surface area contributed by atoms with Gasteiger partial charge in [-0.2, -0.15) is 0 Å². The van der Waals surface area contributed by atoms with E-state index in [0.29, 0.717) is 5.56 Å². The van der Waals surface area contributed by atoms with Crippen LogP contribution in [0.5, 0.6) is 0 Å². The lowest BCUT2D eigenvalue weighted by Crippen LogP contribution is -2.50. The Morgan fingerprint density at radius 3 is 2.44 bits per heavy atom. The number of benzene rings is 2. The van der Waals surface area contributed by atoms with E-state index in [2.05, 4.69) is 24.5 Å². The van der Waals surface area contributed by atoms with E-state index in [1.807, 2.05) is 17.0 Å². The van der Waals surface area contributed by atoms with Gasteiger partial charge in [0, 0.05) is 41.5 Å². The van der Waals surface area contributed by atoms with Crippen LogP contribution in [0.3, 0.4) is 0 Å². The summed E-state index contributed by atoms with van der Waals surface area (Å²) in [5.41, 5.74) is 3.08. The minimum atomic E-state index is -0.667. The first-order valence-electron chi connectivity index (χ1n) is 9.18. The number of fused-ring (bicyclic) bond motifs is 1. The first-order valence-corrected chi connectivity index (χ1v) is 9.18. The molecular formula is C21H26FN3O2. The number of nitrogens with zero attached hydrogens (tertiary/aromatic N) is 1. The molecule has 0 radical (unpaired) electrons. The van der Waals surface area contributed by atoms with Gasteiger partial charge >= 0.3 is 0 Å². The standard InChI is InChI=1S/C21H26FN3O2/c1-12-13(2)25(14(3)26)19-10-7-16(22)11-18(19)20(12)24-17-8-5-15(6-9-17)21(27)23-4/h5-14,20,24,26H,1-4H3,(H,23,27)/t12-,13-,14?,20?/m0/s1. The van der Waals surface area contributed by atoms with Crippen LogP contribution < -0.4 is 15.5 Å². The summed E-state index contributed by atoms with van der Waals surface area (Å²) in [6.45, 7) is 5.87. The van der Waals surface area contributed by atoms with Crippen LogP contribution in [0.15, 0.2) is 42.5 Å². The van der Waals surface area contributed by atoms with Gasteiger partial charge in [-0.05, 0) is 56.3 Å². The van der Waals surface area contributed by atoms with Crippen molar-refractivity contribution in [1.82, 2.24) is 5.32 Å². The van der Waals surface area contributed by atoms with Gasteiger partial charge in [-0.3, -0.25) is 4.79 Å². The highest BCUT2D eigenvalue weighted by atomic mass is 19.1. The van der Waals surface area contributed by atoms with Crippen molar-refractivity contribution in [2.75, 3.05) is 17.3 Å². The Labute approximate surface area is 159 Å². The summed E-state index contributed by atoms with van der Waals surface area (Å²) >= 11 is 0. The van der Waals surface area contributed by atoms with E-state index in [4.69, 9.17) is 0 Å². The molecule has 1 amide bonds. The topological polar surface area (TPSA) is 64.6 Å². The summed E-state index contributed by atoms with van der Waals surface area (Å²) in [7, 11) is 1.60. The summed E-state index contributed by atoms with van der Waals surface area (Å²) < 4.78 is 14.0. The molecular weight excluding hydrogens is 345 g/mol. The fourth-order valence-electron chi connectivity index (χ4n) is 3.84. The summed E-state index contributed by atoms with van der Waals surface area (Å²) in [6.07, 6.45) is -0.667. The summed E-state index contributed by atoms with van der Waals surface area (Å²) in [5.74, 6) is -0.323. The molecule has 0 spiro atoms. The molecule has 1 aliphatic heterocycles. The second kappa shape index (κ2) is 7.56. The average Bonchev–Trinajstić information content (AvgIpc) is 2.65. The molecule has 4 atom stereocenters. The molecule has 1 aliphatic rings. The second-order valence-electron chi connectivity index (χ2n) is 7.12. The van der Waals surface area contributed by atoms with Gasteiger partial charge in [0.2, 0.25) is 0 Å². The van der Waals surface area contributed by atoms with Crippen molar-refractivity contribution < 1.29 is 14.3 Å². The highest BCUT2D eigenvalue weighted by Gasteiger charge is 2.38. The van der Waals surface area contributed by atoms with E-state index in [-0.39, 0.29) is 29.7 Å². The van der Waals surface area contributed by atoms with Crippen LogP contribution in [-0.4, -0.2) is 30.3 Å². The maximum atomic E-state index is 14.0. The van der Waals surface area contributed by atoms with Crippen molar-refractivity contribution in [3.8, 4) is 0 Å². The first-order chi connectivity index (χ1) is 12.8. The number of hydrogen-bond donors (Lipinski definition) is 3. The summed E-state index contributed by atoms with van der Waals surface area (Å²) in [5, 5.41) is 16.3. The van der Waals surface area contributed by atoms with E-state index in [9.17, 15) is 14.3 Å². The Morgan fingerprint density at radius 1 is 1.19 bits per heavy atom. The molecule has 2 aromatic carbocycles. The van der Waals surface area contributed by atoms with Crippen molar-refractivity contribution in [2.45, 2.75) is 39.1 Å². The average molecular weight is 371 g/mol. The van der Waals surface area contributed by atoms with E-state index in [1.165, 1.54) is 12.1 Å². The van der Waals surface area contributed by atoms with Gasteiger partial charge in [0.05, 0.1) is 6.04 Å². The zero-order valence-corrected chi connectivity index (χ0v) is 16.0. The monoisotopic (exact) mass is 371 g/mol. The first kappa shape index (κ1) is 19.2. The third-order valence-electron chi connectivity index (χ3n) is 5.43. The largest absolute Gasteiger partial charge is 0.378 e. The molecule has 3 N–H and O–H groups in total. The lowest BCUT2D eigenvalue weighted by Gasteiger charge is -2.46. The van der Waals surface area contributed by atoms with Crippen molar-refractivity contribution in [2.24, 2.45) is 5.92 Å². The predicted octanol–water partition coefficient (Wildman–Crippen LogP) is 3.52. The van der Waals surface area contributed by atoms with Gasteiger partial charge in [-0.25, -0.2) is 4.39 Å². The Kier molecular flexibility index (Phi) is 5.37. The minimum Gasteiger partial charge on any atom is -0.378 e. The van der Waals surface area contributed by atoms with Gasteiger partial charge in [0.25, 0.3) is 5.91 Å². The van der Waals surface area contributed by atoms with Gasteiger partial charge in [0.15, 0.2) is 0 Å². The number of rotatable bonds is 4. The Balaban J connectivity index is 1.96. The minimum absolute atomic E-state index is 0.0607. The molecule has 0 saturated heterocycles. The molecule has 27 heavy (non-hydrogen) atoms. The molecule has 144 valence electrons. The number of aliphatic hydroxyl groups is 1. The van der Waals surface area contributed by atoms with E-state index in [0.717, 1.165) is 16.9 Å². The number of halogens is 1. The zero-order valence-electron chi connectivity index (χ0n) is 16.0. The predicted molar refractivity (Wildman–Crippen MR) is 105 cm³/mol. The number of amides is 1. The number of carbonyl (C=O) groups is 1. The van der Waals surface area contributed by atoms with Gasteiger partial charge in [-0.15, -0.1) is 0 Å². The molecule has 3 rings (SSSR count). The number of anilines is 2. The number of nitrogens with one attached hydrogen (secondary N) is 2. The molecule has 0 aromatic heterocycles. The summed E-state index contributed by atoms with van der Waals surface area (Å²) in [6, 6.07) is 11.8. The van der Waals surface area contributed by atoms with Gasteiger partial charge < -0.3 is 20.6 Å². The van der Waals surface area contributed by atoms with E-state index >= 15 is 0 Å². The molecule has 2 aromatic rings. The fourth-order valence-corrected chi connectivity index (χ4v) is 3.84. The molecule has 0 bridgehead atoms. The van der Waals surface area contributed by atoms with E-state index in [1.54, 1.807) is 32.2 Å². The fraction of sp³-hybridized carbons (Fsp3) is 0.381. The quantitative estimate of drug-likeness (QED) is 0.769. The van der Waals surface area contributed by atoms with Crippen molar-refractivity contribution >= 4 is 17.3 Å². The Hall–Kier alpha value is -2.60. The third kappa shape index (κ3) is 3.62. The Morgan fingerprint density at radius 2 is 1.85 bits per heavy atom. The van der Waals surface area contributed by atoms with Crippen LogP contribution in [0.1, 0.15) is 42.7 Å².